The molecule has 0 radical (unpaired) electrons. The molecular weight excluding hydrogens is 334 g/mol. The zero-order valence-corrected chi connectivity index (χ0v) is 13.8. The average Bonchev–Trinajstić information content (AvgIpc) is 2.82. The van der Waals surface area contributed by atoms with E-state index in [1.165, 1.54) is 0 Å². The molecule has 1 fully saturated rings. The molecule has 0 bridgehead atoms. The van der Waals surface area contributed by atoms with Gasteiger partial charge in [-0.25, -0.2) is 0 Å². The third-order valence-electron chi connectivity index (χ3n) is 3.33. The summed E-state index contributed by atoms with van der Waals surface area (Å²) in [5, 5.41) is -0.489. The molecule has 126 valence electrons. The van der Waals surface area contributed by atoms with E-state index >= 15 is 0 Å². The number of imide groups is 1. The smallest absolute Gasteiger partial charge is 0.326 e. The summed E-state index contributed by atoms with van der Waals surface area (Å²) in [6.45, 7) is 2.44. The normalized spacial score (nSPS) is 18.2. The van der Waals surface area contributed by atoms with Crippen molar-refractivity contribution in [3.05, 3.63) is 28.7 Å². The quantitative estimate of drug-likeness (QED) is 0.608. The fourth-order valence-electron chi connectivity index (χ4n) is 2.27. The molecule has 2 aliphatic heterocycles. The van der Waals surface area contributed by atoms with Crippen LogP contribution in [0.15, 0.2) is 23.1 Å². The molecule has 0 aliphatic carbocycles. The topological polar surface area (TPSA) is 82.1 Å². The van der Waals surface area contributed by atoms with Crippen molar-refractivity contribution in [2.75, 3.05) is 26.4 Å². The van der Waals surface area contributed by atoms with Crippen LogP contribution in [0.3, 0.4) is 0 Å². The molecule has 0 unspecified atom stereocenters. The van der Waals surface area contributed by atoms with Crippen LogP contribution in [0.4, 0.5) is 4.79 Å². The molecule has 8 heteroatoms. The first-order valence-corrected chi connectivity index (χ1v) is 8.21. The number of hydrogen-bond acceptors (Lipinski definition) is 7. The van der Waals surface area contributed by atoms with E-state index in [2.05, 4.69) is 0 Å². The van der Waals surface area contributed by atoms with Gasteiger partial charge in [0.25, 0.3) is 11.1 Å². The molecule has 0 atom stereocenters. The van der Waals surface area contributed by atoms with Gasteiger partial charge in [-0.15, -0.1) is 0 Å². The SMILES string of the molecule is CCOC(=O)CN1C(=O)S/C(=C\c2ccc3c(c2)OCCO3)C1=O. The standard InChI is InChI=1S/C16H15NO6S/c1-2-21-14(18)9-17-15(19)13(24-16(17)20)8-10-3-4-11-12(7-10)23-6-5-22-11/h3-4,7-8H,2,5-6,9H2,1H3/b13-8-. The number of ether oxygens (including phenoxy) is 3. The van der Waals surface area contributed by atoms with Gasteiger partial charge in [0.15, 0.2) is 11.5 Å². The highest BCUT2D eigenvalue weighted by molar-refractivity contribution is 8.18. The molecule has 1 aromatic rings. The lowest BCUT2D eigenvalue weighted by molar-refractivity contribution is -0.145. The Morgan fingerprint density at radius 2 is 2.04 bits per heavy atom. The zero-order valence-electron chi connectivity index (χ0n) is 12.9. The largest absolute Gasteiger partial charge is 0.486 e. The van der Waals surface area contributed by atoms with Gasteiger partial charge in [-0.3, -0.25) is 19.3 Å². The Morgan fingerprint density at radius 3 is 2.79 bits per heavy atom. The van der Waals surface area contributed by atoms with Crippen molar-refractivity contribution in [2.45, 2.75) is 6.92 Å². The van der Waals surface area contributed by atoms with Gasteiger partial charge in [0.2, 0.25) is 0 Å². The first-order valence-electron chi connectivity index (χ1n) is 7.39. The zero-order chi connectivity index (χ0) is 17.1. The summed E-state index contributed by atoms with van der Waals surface area (Å²) >= 11 is 0.793. The van der Waals surface area contributed by atoms with Crippen LogP contribution < -0.4 is 9.47 Å². The predicted octanol–water partition coefficient (Wildman–Crippen LogP) is 2.06. The number of thioether (sulfide) groups is 1. The van der Waals surface area contributed by atoms with E-state index < -0.39 is 17.1 Å². The van der Waals surface area contributed by atoms with Crippen LogP contribution in [-0.4, -0.2) is 48.4 Å². The van der Waals surface area contributed by atoms with Gasteiger partial charge in [0.1, 0.15) is 19.8 Å². The molecule has 2 aliphatic rings. The van der Waals surface area contributed by atoms with Crippen molar-refractivity contribution in [3.8, 4) is 11.5 Å². The fourth-order valence-corrected chi connectivity index (χ4v) is 3.11. The van der Waals surface area contributed by atoms with Crippen LogP contribution in [0.25, 0.3) is 6.08 Å². The van der Waals surface area contributed by atoms with Gasteiger partial charge in [0.05, 0.1) is 11.5 Å². The Kier molecular flexibility index (Phi) is 4.75. The van der Waals surface area contributed by atoms with Crippen LogP contribution >= 0.6 is 11.8 Å². The van der Waals surface area contributed by atoms with Crippen LogP contribution in [0.2, 0.25) is 0 Å². The number of carbonyl (C=O) groups is 3. The lowest BCUT2D eigenvalue weighted by Gasteiger charge is -2.18. The number of benzene rings is 1. The van der Waals surface area contributed by atoms with Crippen LogP contribution in [0.1, 0.15) is 12.5 Å². The summed E-state index contributed by atoms with van der Waals surface area (Å²) in [6.07, 6.45) is 1.59. The number of hydrogen-bond donors (Lipinski definition) is 0. The van der Waals surface area contributed by atoms with Crippen LogP contribution in [-0.2, 0) is 14.3 Å². The molecule has 2 amide bonds. The minimum atomic E-state index is -0.611. The molecule has 1 saturated heterocycles. The predicted molar refractivity (Wildman–Crippen MR) is 86.7 cm³/mol. The molecule has 2 heterocycles. The molecule has 0 spiro atoms. The molecule has 0 N–H and O–H groups in total. The first kappa shape index (κ1) is 16.4. The van der Waals surface area contributed by atoms with Crippen molar-refractivity contribution < 1.29 is 28.6 Å². The third-order valence-corrected chi connectivity index (χ3v) is 4.24. The van der Waals surface area contributed by atoms with Crippen molar-refractivity contribution in [2.24, 2.45) is 0 Å². The lowest BCUT2D eigenvalue weighted by Crippen LogP contribution is -2.34. The molecule has 3 rings (SSSR count). The molecule has 24 heavy (non-hydrogen) atoms. The summed E-state index contributed by atoms with van der Waals surface area (Å²) < 4.78 is 15.7. The highest BCUT2D eigenvalue weighted by atomic mass is 32.2. The number of carbonyl (C=O) groups excluding carboxylic acids is 3. The second-order valence-electron chi connectivity index (χ2n) is 4.98. The fraction of sp³-hybridized carbons (Fsp3) is 0.312. The van der Waals surface area contributed by atoms with Crippen molar-refractivity contribution in [1.29, 1.82) is 0 Å². The van der Waals surface area contributed by atoms with E-state index in [1.807, 2.05) is 0 Å². The monoisotopic (exact) mass is 349 g/mol. The van der Waals surface area contributed by atoms with Gasteiger partial charge in [-0.1, -0.05) is 6.07 Å². The minimum Gasteiger partial charge on any atom is -0.486 e. The summed E-state index contributed by atoms with van der Waals surface area (Å²) in [6, 6.07) is 5.27. The van der Waals surface area contributed by atoms with E-state index in [1.54, 1.807) is 31.2 Å². The summed E-state index contributed by atoms with van der Waals surface area (Å²) in [4.78, 5) is 36.9. The highest BCUT2D eigenvalue weighted by Crippen LogP contribution is 2.35. The second kappa shape index (κ2) is 6.96. The summed E-state index contributed by atoms with van der Waals surface area (Å²) in [5.41, 5.74) is 0.709. The Bertz CT molecular complexity index is 729. The summed E-state index contributed by atoms with van der Waals surface area (Å²) in [7, 11) is 0. The number of fused-ring (bicyclic) bond motifs is 1. The number of esters is 1. The van der Waals surface area contributed by atoms with E-state index in [0.29, 0.717) is 30.3 Å². The maximum atomic E-state index is 12.3. The van der Waals surface area contributed by atoms with E-state index in [0.717, 1.165) is 16.7 Å². The lowest BCUT2D eigenvalue weighted by atomic mass is 10.1. The van der Waals surface area contributed by atoms with Crippen molar-refractivity contribution >= 4 is 35.0 Å². The average molecular weight is 349 g/mol. The molecule has 1 aromatic carbocycles. The summed E-state index contributed by atoms with van der Waals surface area (Å²) in [5.74, 6) is 0.128. The van der Waals surface area contributed by atoms with Gasteiger partial charge in [0, 0.05) is 0 Å². The van der Waals surface area contributed by atoms with Crippen LogP contribution in [0.5, 0.6) is 11.5 Å². The molecule has 0 saturated carbocycles. The number of amides is 2. The Hall–Kier alpha value is -2.48. The minimum absolute atomic E-state index is 0.197. The second-order valence-corrected chi connectivity index (χ2v) is 5.97. The molecular formula is C16H15NO6S. The van der Waals surface area contributed by atoms with E-state index in [-0.39, 0.29) is 18.1 Å². The molecule has 0 aromatic heterocycles. The van der Waals surface area contributed by atoms with E-state index in [9.17, 15) is 14.4 Å². The first-order chi connectivity index (χ1) is 11.6. The van der Waals surface area contributed by atoms with Gasteiger partial charge in [-0.05, 0) is 42.5 Å². The van der Waals surface area contributed by atoms with Crippen molar-refractivity contribution in [3.63, 3.8) is 0 Å². The molecule has 7 nitrogen and oxygen atoms in total. The van der Waals surface area contributed by atoms with Crippen molar-refractivity contribution in [1.82, 2.24) is 4.90 Å². The maximum absolute atomic E-state index is 12.3. The number of rotatable bonds is 4. The van der Waals surface area contributed by atoms with Gasteiger partial charge in [-0.2, -0.15) is 0 Å². The Labute approximate surface area is 142 Å². The third kappa shape index (κ3) is 3.38. The van der Waals surface area contributed by atoms with Gasteiger partial charge >= 0.3 is 5.97 Å². The maximum Gasteiger partial charge on any atom is 0.326 e. The van der Waals surface area contributed by atoms with Gasteiger partial charge < -0.3 is 14.2 Å². The Morgan fingerprint density at radius 1 is 1.29 bits per heavy atom. The van der Waals surface area contributed by atoms with E-state index in [4.69, 9.17) is 14.2 Å². The Balaban J connectivity index is 1.77. The van der Waals surface area contributed by atoms with Crippen LogP contribution in [0, 0.1) is 0 Å². The highest BCUT2D eigenvalue weighted by Gasteiger charge is 2.36. The number of nitrogens with zero attached hydrogens (tertiary/aromatic N) is 1.